The summed E-state index contributed by atoms with van der Waals surface area (Å²) in [6.07, 6.45) is 5.41. The molecule has 0 saturated heterocycles. The molecule has 6 nitrogen and oxygen atoms in total. The highest BCUT2D eigenvalue weighted by Crippen LogP contribution is 2.28. The van der Waals surface area contributed by atoms with Crippen molar-refractivity contribution >= 4 is 17.1 Å². The van der Waals surface area contributed by atoms with Gasteiger partial charge < -0.3 is 14.6 Å². The third kappa shape index (κ3) is 6.73. The van der Waals surface area contributed by atoms with Gasteiger partial charge in [-0.15, -0.1) is 0 Å². The molecule has 1 N–H and O–H groups in total. The van der Waals surface area contributed by atoms with E-state index in [1.807, 2.05) is 36.4 Å². The highest BCUT2D eigenvalue weighted by molar-refractivity contribution is 5.90. The number of carboxylic acids is 1. The van der Waals surface area contributed by atoms with E-state index in [-0.39, 0.29) is 5.56 Å². The van der Waals surface area contributed by atoms with Crippen molar-refractivity contribution in [2.24, 2.45) is 0 Å². The van der Waals surface area contributed by atoms with E-state index in [0.717, 1.165) is 47.5 Å². The quantitative estimate of drug-likeness (QED) is 0.365. The zero-order valence-corrected chi connectivity index (χ0v) is 19.4. The Morgan fingerprint density at radius 1 is 0.818 bits per heavy atom. The van der Waals surface area contributed by atoms with Crippen molar-refractivity contribution in [2.75, 3.05) is 19.8 Å². The smallest absolute Gasteiger partial charge is 0.335 e. The van der Waals surface area contributed by atoms with Gasteiger partial charge in [-0.2, -0.15) is 0 Å². The molecule has 0 amide bonds. The molecule has 0 aliphatic carbocycles. The fourth-order valence-electron chi connectivity index (χ4n) is 3.31. The summed E-state index contributed by atoms with van der Waals surface area (Å²) in [7, 11) is 0. The lowest BCUT2D eigenvalue weighted by Gasteiger charge is -2.11. The molecule has 0 aliphatic rings. The van der Waals surface area contributed by atoms with Gasteiger partial charge in [0.15, 0.2) is 0 Å². The molecule has 0 spiro atoms. The lowest BCUT2D eigenvalue weighted by molar-refractivity contribution is 0.0697. The van der Waals surface area contributed by atoms with E-state index >= 15 is 0 Å². The van der Waals surface area contributed by atoms with E-state index in [4.69, 9.17) is 9.47 Å². The van der Waals surface area contributed by atoms with Crippen LogP contribution in [0.5, 0.6) is 5.75 Å². The van der Waals surface area contributed by atoms with Crippen molar-refractivity contribution in [3.8, 4) is 17.1 Å². The third-order valence-corrected chi connectivity index (χ3v) is 5.45. The first-order valence-corrected chi connectivity index (χ1v) is 11.1. The number of pyridine rings is 2. The fourth-order valence-corrected chi connectivity index (χ4v) is 3.31. The number of carboxylic acid groups (broad SMARTS) is 1. The molecule has 2 aromatic heterocycles. The van der Waals surface area contributed by atoms with Gasteiger partial charge in [-0.05, 0) is 78.9 Å². The molecule has 0 unspecified atom stereocenters. The lowest BCUT2D eigenvalue weighted by atomic mass is 9.97. The van der Waals surface area contributed by atoms with E-state index in [1.165, 1.54) is 18.3 Å². The molecule has 0 atom stereocenters. The number of nitrogens with zero attached hydrogens (tertiary/aromatic N) is 2. The van der Waals surface area contributed by atoms with Crippen LogP contribution in [0, 0.1) is 0 Å². The first-order chi connectivity index (χ1) is 16.0. The number of benzene rings is 1. The Morgan fingerprint density at radius 2 is 1.42 bits per heavy atom. The van der Waals surface area contributed by atoms with E-state index in [9.17, 15) is 9.90 Å². The Bertz CT molecular complexity index is 1110. The molecule has 0 radical (unpaired) electrons. The molecule has 2 heterocycles. The minimum atomic E-state index is -0.988. The van der Waals surface area contributed by atoms with Crippen LogP contribution in [0.1, 0.15) is 55.1 Å². The fraction of sp³-hybridized carbons (Fsp3) is 0.296. The van der Waals surface area contributed by atoms with Crippen LogP contribution in [0.2, 0.25) is 0 Å². The number of hydrogen-bond acceptors (Lipinski definition) is 5. The summed E-state index contributed by atoms with van der Waals surface area (Å²) in [6.45, 7) is 8.19. The van der Waals surface area contributed by atoms with E-state index in [1.54, 1.807) is 6.20 Å². The molecule has 0 bridgehead atoms. The van der Waals surface area contributed by atoms with Gasteiger partial charge in [-0.1, -0.05) is 25.5 Å². The normalized spacial score (nSPS) is 11.7. The summed E-state index contributed by atoms with van der Waals surface area (Å²) in [6, 6.07) is 14.9. The molecule has 3 aromatic rings. The average Bonchev–Trinajstić information content (AvgIpc) is 2.85. The maximum absolute atomic E-state index is 11.3. The predicted octanol–water partition coefficient (Wildman–Crippen LogP) is 5.99. The van der Waals surface area contributed by atoms with Crippen LogP contribution in [-0.4, -0.2) is 40.9 Å². The Kier molecular flexibility index (Phi) is 8.72. The molecule has 1 aromatic carbocycles. The van der Waals surface area contributed by atoms with Gasteiger partial charge in [0.25, 0.3) is 0 Å². The average molecular weight is 447 g/mol. The molecule has 0 aliphatic heterocycles. The Balaban J connectivity index is 1.72. The Labute approximate surface area is 194 Å². The molecule has 0 saturated carbocycles. The highest BCUT2D eigenvalue weighted by atomic mass is 16.5. The van der Waals surface area contributed by atoms with Gasteiger partial charge >= 0.3 is 5.97 Å². The summed E-state index contributed by atoms with van der Waals surface area (Å²) in [5.74, 6) is -0.169. The molecule has 0 fully saturated rings. The molecule has 33 heavy (non-hydrogen) atoms. The second-order valence-corrected chi connectivity index (χ2v) is 7.75. The summed E-state index contributed by atoms with van der Waals surface area (Å²) >= 11 is 0. The van der Waals surface area contributed by atoms with Gasteiger partial charge in [0.2, 0.25) is 0 Å². The summed E-state index contributed by atoms with van der Waals surface area (Å²) in [5, 5.41) is 9.24. The predicted molar refractivity (Wildman–Crippen MR) is 130 cm³/mol. The van der Waals surface area contributed by atoms with Crippen LogP contribution < -0.4 is 4.74 Å². The number of rotatable bonds is 11. The van der Waals surface area contributed by atoms with Gasteiger partial charge in [0.1, 0.15) is 12.4 Å². The van der Waals surface area contributed by atoms with Gasteiger partial charge in [0, 0.05) is 19.0 Å². The van der Waals surface area contributed by atoms with Crippen LogP contribution in [0.4, 0.5) is 0 Å². The maximum Gasteiger partial charge on any atom is 0.335 e. The minimum absolute atomic E-state index is 0.186. The molecule has 6 heteroatoms. The topological polar surface area (TPSA) is 81.5 Å². The van der Waals surface area contributed by atoms with Gasteiger partial charge in [-0.25, -0.2) is 4.79 Å². The summed E-state index contributed by atoms with van der Waals surface area (Å²) in [4.78, 5) is 19.9. The van der Waals surface area contributed by atoms with Crippen molar-refractivity contribution in [3.63, 3.8) is 0 Å². The highest BCUT2D eigenvalue weighted by Gasteiger charge is 2.10. The number of hydrogen-bond donors (Lipinski definition) is 1. The van der Waals surface area contributed by atoms with Crippen molar-refractivity contribution in [1.82, 2.24) is 9.97 Å². The number of ether oxygens (including phenoxy) is 2. The Morgan fingerprint density at radius 3 is 2.06 bits per heavy atom. The number of unbranched alkanes of at least 4 members (excludes halogenated alkanes) is 1. The largest absolute Gasteiger partial charge is 0.491 e. The van der Waals surface area contributed by atoms with Crippen molar-refractivity contribution in [2.45, 2.75) is 33.6 Å². The number of carbonyl (C=O) groups is 1. The SMILES string of the molecule is CCCCOCCOc1ccc(/C(C)=C(\C)c2ccnc(-c3cc(C(=O)O)ccn3)c2)cc1. The summed E-state index contributed by atoms with van der Waals surface area (Å²) < 4.78 is 11.3. The first kappa shape index (κ1) is 24.1. The Hall–Kier alpha value is -3.51. The standard InChI is InChI=1S/C27H30N2O4/c1-4-5-14-32-15-16-33-24-8-6-21(7-9-24)19(2)20(3)22-10-12-28-25(17-22)26-18-23(27(30)31)11-13-29-26/h6-13,17-18H,4-5,14-16H2,1-3H3,(H,30,31)/b20-19+. The van der Waals surface area contributed by atoms with Crippen molar-refractivity contribution in [3.05, 3.63) is 77.6 Å². The monoisotopic (exact) mass is 446 g/mol. The molecular formula is C27H30N2O4. The molecule has 172 valence electrons. The third-order valence-electron chi connectivity index (χ3n) is 5.45. The second-order valence-electron chi connectivity index (χ2n) is 7.75. The lowest BCUT2D eigenvalue weighted by Crippen LogP contribution is -2.07. The van der Waals surface area contributed by atoms with Crippen molar-refractivity contribution in [1.29, 1.82) is 0 Å². The van der Waals surface area contributed by atoms with E-state index in [2.05, 4.69) is 30.7 Å². The minimum Gasteiger partial charge on any atom is -0.491 e. The first-order valence-electron chi connectivity index (χ1n) is 11.1. The molecular weight excluding hydrogens is 416 g/mol. The van der Waals surface area contributed by atoms with E-state index < -0.39 is 5.97 Å². The maximum atomic E-state index is 11.3. The molecule has 3 rings (SSSR count). The number of aromatic carboxylic acids is 1. The van der Waals surface area contributed by atoms with Gasteiger partial charge in [-0.3, -0.25) is 9.97 Å². The summed E-state index contributed by atoms with van der Waals surface area (Å²) in [5.41, 5.74) is 5.69. The van der Waals surface area contributed by atoms with Crippen molar-refractivity contribution < 1.29 is 19.4 Å². The zero-order chi connectivity index (χ0) is 23.6. The number of allylic oxidation sites excluding steroid dienone is 2. The van der Waals surface area contributed by atoms with E-state index in [0.29, 0.717) is 24.6 Å². The number of aromatic nitrogens is 2. The van der Waals surface area contributed by atoms with Crippen LogP contribution in [-0.2, 0) is 4.74 Å². The van der Waals surface area contributed by atoms with Crippen LogP contribution >= 0.6 is 0 Å². The second kappa shape index (κ2) is 11.9. The van der Waals surface area contributed by atoms with Crippen LogP contribution in [0.3, 0.4) is 0 Å². The van der Waals surface area contributed by atoms with Crippen LogP contribution in [0.25, 0.3) is 22.5 Å². The van der Waals surface area contributed by atoms with Gasteiger partial charge in [0.05, 0.1) is 23.6 Å². The zero-order valence-electron chi connectivity index (χ0n) is 19.4. The van der Waals surface area contributed by atoms with Crippen LogP contribution in [0.15, 0.2) is 60.9 Å².